The lowest BCUT2D eigenvalue weighted by Gasteiger charge is -2.16. The molecule has 0 saturated heterocycles. The Morgan fingerprint density at radius 3 is 2.91 bits per heavy atom. The van der Waals surface area contributed by atoms with Crippen molar-refractivity contribution in [2.75, 3.05) is 0 Å². The Bertz CT molecular complexity index is 685. The predicted molar refractivity (Wildman–Crippen MR) is 83.7 cm³/mol. The molecule has 2 aromatic heterocycles. The van der Waals surface area contributed by atoms with Gasteiger partial charge in [-0.2, -0.15) is 5.10 Å². The molecule has 0 fully saturated rings. The molecule has 2 aromatic rings. The number of carbonyl (C=O) groups is 1. The van der Waals surface area contributed by atoms with Crippen molar-refractivity contribution in [3.8, 4) is 0 Å². The van der Waals surface area contributed by atoms with Crippen LogP contribution < -0.4 is 5.32 Å². The summed E-state index contributed by atoms with van der Waals surface area (Å²) in [6.07, 6.45) is 6.80. The van der Waals surface area contributed by atoms with Crippen molar-refractivity contribution in [3.63, 3.8) is 0 Å². The molecule has 118 valence electrons. The summed E-state index contributed by atoms with van der Waals surface area (Å²) in [5.41, 5.74) is 3.91. The van der Waals surface area contributed by atoms with E-state index >= 15 is 0 Å². The first-order valence-electron chi connectivity index (χ1n) is 7.97. The lowest BCUT2D eigenvalue weighted by Crippen LogP contribution is -2.31. The zero-order valence-corrected chi connectivity index (χ0v) is 13.4. The Kier molecular flexibility index (Phi) is 4.00. The molecule has 1 aliphatic rings. The van der Waals surface area contributed by atoms with E-state index in [0.29, 0.717) is 5.69 Å². The molecular weight excluding hydrogens is 278 g/mol. The second kappa shape index (κ2) is 5.94. The van der Waals surface area contributed by atoms with Gasteiger partial charge < -0.3 is 10.3 Å². The highest BCUT2D eigenvalue weighted by molar-refractivity contribution is 5.94. The molecule has 3 rings (SSSR count). The van der Waals surface area contributed by atoms with Crippen LogP contribution in [0.2, 0.25) is 0 Å². The molecule has 6 nitrogen and oxygen atoms in total. The number of amides is 1. The van der Waals surface area contributed by atoms with Crippen LogP contribution in [0, 0.1) is 6.92 Å². The molecule has 0 saturated carbocycles. The Labute approximate surface area is 130 Å². The summed E-state index contributed by atoms with van der Waals surface area (Å²) in [6, 6.07) is -0.102. The van der Waals surface area contributed by atoms with Gasteiger partial charge in [-0.05, 0) is 39.0 Å². The number of hydrogen-bond acceptors (Lipinski definition) is 3. The summed E-state index contributed by atoms with van der Waals surface area (Å²) in [5.74, 6) is 0.753. The number of carbonyl (C=O) groups excluding carboxylic acids is 1. The standard InChI is InChI=1S/C16H23N5O/c1-4-12(15-17-9-10(2)18-15)19-16(22)14-11-7-5-6-8-13(11)20-21(14)3/h9,12H,4-8H2,1-3H3,(H,17,18)(H,19,22)/t12-/m0/s1. The number of H-pyrrole nitrogens is 1. The fraction of sp³-hybridized carbons (Fsp3) is 0.562. The molecule has 6 heteroatoms. The molecule has 0 unspecified atom stereocenters. The normalized spacial score (nSPS) is 15.4. The maximum atomic E-state index is 12.7. The second-order valence-corrected chi connectivity index (χ2v) is 5.99. The van der Waals surface area contributed by atoms with Gasteiger partial charge in [-0.15, -0.1) is 0 Å². The van der Waals surface area contributed by atoms with Crippen LogP contribution in [0.25, 0.3) is 0 Å². The van der Waals surface area contributed by atoms with Crippen LogP contribution in [0.3, 0.4) is 0 Å². The average molecular weight is 301 g/mol. The highest BCUT2D eigenvalue weighted by atomic mass is 16.2. The van der Waals surface area contributed by atoms with Crippen molar-refractivity contribution in [2.45, 2.75) is 52.0 Å². The first-order chi connectivity index (χ1) is 10.6. The molecule has 1 atom stereocenters. The lowest BCUT2D eigenvalue weighted by atomic mass is 9.95. The highest BCUT2D eigenvalue weighted by Crippen LogP contribution is 2.24. The van der Waals surface area contributed by atoms with E-state index in [4.69, 9.17) is 0 Å². The monoisotopic (exact) mass is 301 g/mol. The molecule has 22 heavy (non-hydrogen) atoms. The Balaban J connectivity index is 1.83. The van der Waals surface area contributed by atoms with E-state index in [1.165, 1.54) is 0 Å². The molecule has 0 radical (unpaired) electrons. The summed E-state index contributed by atoms with van der Waals surface area (Å²) in [4.78, 5) is 20.3. The number of nitrogens with zero attached hydrogens (tertiary/aromatic N) is 3. The topological polar surface area (TPSA) is 75.6 Å². The van der Waals surface area contributed by atoms with Gasteiger partial charge in [0.2, 0.25) is 0 Å². The third kappa shape index (κ3) is 2.65. The molecule has 0 spiro atoms. The third-order valence-electron chi connectivity index (χ3n) is 4.30. The van der Waals surface area contributed by atoms with Crippen molar-refractivity contribution in [1.82, 2.24) is 25.1 Å². The van der Waals surface area contributed by atoms with Crippen molar-refractivity contribution in [1.29, 1.82) is 0 Å². The second-order valence-electron chi connectivity index (χ2n) is 5.99. The summed E-state index contributed by atoms with van der Waals surface area (Å²) in [5, 5.41) is 7.61. The van der Waals surface area contributed by atoms with Crippen LogP contribution in [0.4, 0.5) is 0 Å². The number of aryl methyl sites for hydroxylation is 3. The van der Waals surface area contributed by atoms with Crippen LogP contribution in [-0.4, -0.2) is 25.7 Å². The van der Waals surface area contributed by atoms with E-state index in [9.17, 15) is 4.79 Å². The quantitative estimate of drug-likeness (QED) is 0.909. The maximum Gasteiger partial charge on any atom is 0.270 e. The Morgan fingerprint density at radius 2 is 2.23 bits per heavy atom. The van der Waals surface area contributed by atoms with Crippen molar-refractivity contribution >= 4 is 5.91 Å². The fourth-order valence-corrected chi connectivity index (χ4v) is 3.17. The zero-order chi connectivity index (χ0) is 15.7. The average Bonchev–Trinajstić information content (AvgIpc) is 3.07. The van der Waals surface area contributed by atoms with E-state index in [2.05, 4.69) is 20.4 Å². The Hall–Kier alpha value is -2.11. The van der Waals surface area contributed by atoms with Crippen LogP contribution in [0.15, 0.2) is 6.20 Å². The van der Waals surface area contributed by atoms with E-state index in [1.807, 2.05) is 20.9 Å². The van der Waals surface area contributed by atoms with Gasteiger partial charge in [0.25, 0.3) is 5.91 Å². The zero-order valence-electron chi connectivity index (χ0n) is 13.4. The maximum absolute atomic E-state index is 12.7. The lowest BCUT2D eigenvalue weighted by molar-refractivity contribution is 0.0923. The van der Waals surface area contributed by atoms with E-state index < -0.39 is 0 Å². The van der Waals surface area contributed by atoms with E-state index in [-0.39, 0.29) is 11.9 Å². The molecule has 2 N–H and O–H groups in total. The van der Waals surface area contributed by atoms with Crippen molar-refractivity contribution < 1.29 is 4.79 Å². The van der Waals surface area contributed by atoms with E-state index in [1.54, 1.807) is 10.9 Å². The van der Waals surface area contributed by atoms with Gasteiger partial charge in [-0.3, -0.25) is 9.48 Å². The van der Waals surface area contributed by atoms with Crippen molar-refractivity contribution in [2.24, 2.45) is 7.05 Å². The number of fused-ring (bicyclic) bond motifs is 1. The Morgan fingerprint density at radius 1 is 1.45 bits per heavy atom. The van der Waals surface area contributed by atoms with Crippen LogP contribution in [0.5, 0.6) is 0 Å². The summed E-state index contributed by atoms with van der Waals surface area (Å²) >= 11 is 0. The first-order valence-corrected chi connectivity index (χ1v) is 7.97. The molecule has 2 heterocycles. The third-order valence-corrected chi connectivity index (χ3v) is 4.30. The van der Waals surface area contributed by atoms with Gasteiger partial charge in [0.15, 0.2) is 0 Å². The summed E-state index contributed by atoms with van der Waals surface area (Å²) < 4.78 is 1.73. The number of rotatable bonds is 4. The van der Waals surface area contributed by atoms with Crippen molar-refractivity contribution in [3.05, 3.63) is 34.7 Å². The smallest absolute Gasteiger partial charge is 0.270 e. The SMILES string of the molecule is CC[C@H](NC(=O)c1c2c(nn1C)CCCC2)c1ncc(C)[nH]1. The van der Waals surface area contributed by atoms with Crippen LogP contribution in [-0.2, 0) is 19.9 Å². The molecule has 0 aromatic carbocycles. The molecule has 0 aliphatic heterocycles. The van der Waals surface area contributed by atoms with Crippen LogP contribution >= 0.6 is 0 Å². The largest absolute Gasteiger partial charge is 0.344 e. The van der Waals surface area contributed by atoms with Gasteiger partial charge in [0, 0.05) is 24.5 Å². The predicted octanol–water partition coefficient (Wildman–Crippen LogP) is 2.21. The minimum absolute atomic E-state index is 0.0564. The minimum atomic E-state index is -0.102. The number of imidazole rings is 1. The van der Waals surface area contributed by atoms with Gasteiger partial charge >= 0.3 is 0 Å². The van der Waals surface area contributed by atoms with E-state index in [0.717, 1.165) is 54.9 Å². The number of hydrogen-bond donors (Lipinski definition) is 2. The van der Waals surface area contributed by atoms with Gasteiger partial charge in [-0.1, -0.05) is 6.92 Å². The highest BCUT2D eigenvalue weighted by Gasteiger charge is 2.26. The van der Waals surface area contributed by atoms with Gasteiger partial charge in [0.1, 0.15) is 11.5 Å². The molecule has 1 aliphatic carbocycles. The summed E-state index contributed by atoms with van der Waals surface area (Å²) in [7, 11) is 1.85. The number of aromatic amines is 1. The van der Waals surface area contributed by atoms with Crippen LogP contribution in [0.1, 0.15) is 65.5 Å². The molecular formula is C16H23N5O. The number of nitrogens with one attached hydrogen (secondary N) is 2. The first kappa shape index (κ1) is 14.8. The van der Waals surface area contributed by atoms with Gasteiger partial charge in [0.05, 0.1) is 11.7 Å². The number of aromatic nitrogens is 4. The fourth-order valence-electron chi connectivity index (χ4n) is 3.17. The molecule has 0 bridgehead atoms. The summed E-state index contributed by atoms with van der Waals surface area (Å²) in [6.45, 7) is 4.00. The van der Waals surface area contributed by atoms with Gasteiger partial charge in [-0.25, -0.2) is 4.98 Å². The minimum Gasteiger partial charge on any atom is -0.344 e. The molecule has 1 amide bonds.